The Morgan fingerprint density at radius 3 is 1.89 bits per heavy atom. The van der Waals surface area contributed by atoms with Gasteiger partial charge in [-0.2, -0.15) is 30.3 Å². The SMILES string of the molecule is COc1ccc(C#Cc2cc[c-]cc2)cc1.[Br-].[Mg+2]. The van der Waals surface area contributed by atoms with Gasteiger partial charge in [-0.25, -0.2) is 0 Å². The average Bonchev–Trinajstić information content (AvgIpc) is 2.38. The molecule has 2 aromatic carbocycles. The van der Waals surface area contributed by atoms with Gasteiger partial charge in [-0.1, -0.05) is 17.4 Å². The Balaban J connectivity index is 0.00000144. The van der Waals surface area contributed by atoms with Crippen LogP contribution in [0.5, 0.6) is 5.75 Å². The van der Waals surface area contributed by atoms with Crippen molar-refractivity contribution in [2.24, 2.45) is 0 Å². The van der Waals surface area contributed by atoms with Crippen LogP contribution in [0.25, 0.3) is 0 Å². The van der Waals surface area contributed by atoms with Gasteiger partial charge < -0.3 is 21.7 Å². The molecule has 0 fully saturated rings. The number of methoxy groups -OCH3 is 1. The molecule has 2 aromatic rings. The van der Waals surface area contributed by atoms with Gasteiger partial charge in [0.2, 0.25) is 0 Å². The van der Waals surface area contributed by atoms with Gasteiger partial charge >= 0.3 is 23.1 Å². The molecule has 0 aliphatic carbocycles. The van der Waals surface area contributed by atoms with Crippen molar-refractivity contribution < 1.29 is 21.7 Å². The van der Waals surface area contributed by atoms with E-state index in [0.29, 0.717) is 0 Å². The van der Waals surface area contributed by atoms with Crippen LogP contribution in [0.2, 0.25) is 0 Å². The molecule has 3 heteroatoms. The molecule has 18 heavy (non-hydrogen) atoms. The molecule has 0 amide bonds. The van der Waals surface area contributed by atoms with E-state index in [1.165, 1.54) is 0 Å². The molecular formula is C15H11BrMgO. The quantitative estimate of drug-likeness (QED) is 0.393. The first-order chi connectivity index (χ1) is 7.88. The zero-order chi connectivity index (χ0) is 11.2. The predicted molar refractivity (Wildman–Crippen MR) is 70.0 cm³/mol. The summed E-state index contributed by atoms with van der Waals surface area (Å²) in [6.07, 6.45) is 0. The molecule has 0 bridgehead atoms. The number of benzene rings is 2. The topological polar surface area (TPSA) is 9.23 Å². The van der Waals surface area contributed by atoms with Crippen LogP contribution < -0.4 is 21.7 Å². The Morgan fingerprint density at radius 1 is 0.889 bits per heavy atom. The molecule has 0 heterocycles. The Hall–Kier alpha value is -0.954. The van der Waals surface area contributed by atoms with Crippen LogP contribution in [-0.4, -0.2) is 30.2 Å². The Kier molecular flexibility index (Phi) is 8.56. The second-order valence-electron chi connectivity index (χ2n) is 3.27. The third-order valence-corrected chi connectivity index (χ3v) is 2.16. The van der Waals surface area contributed by atoms with Crippen molar-refractivity contribution in [1.29, 1.82) is 0 Å². The minimum Gasteiger partial charge on any atom is -1.00 e. The Morgan fingerprint density at radius 2 is 1.39 bits per heavy atom. The maximum atomic E-state index is 5.08. The maximum Gasteiger partial charge on any atom is 2.00 e. The van der Waals surface area contributed by atoms with E-state index in [1.807, 2.05) is 48.5 Å². The van der Waals surface area contributed by atoms with E-state index in [0.717, 1.165) is 16.9 Å². The van der Waals surface area contributed by atoms with Crippen molar-refractivity contribution in [2.45, 2.75) is 0 Å². The van der Waals surface area contributed by atoms with E-state index in [9.17, 15) is 0 Å². The zero-order valence-electron chi connectivity index (χ0n) is 10.1. The fourth-order valence-corrected chi connectivity index (χ4v) is 1.29. The van der Waals surface area contributed by atoms with Gasteiger partial charge in [0.05, 0.1) is 7.11 Å². The van der Waals surface area contributed by atoms with Gasteiger partial charge in [0.15, 0.2) is 0 Å². The Labute approximate surface area is 134 Å². The van der Waals surface area contributed by atoms with Crippen LogP contribution in [0, 0.1) is 17.9 Å². The van der Waals surface area contributed by atoms with Crippen molar-refractivity contribution in [3.63, 3.8) is 0 Å². The van der Waals surface area contributed by atoms with Crippen molar-refractivity contribution in [2.75, 3.05) is 7.11 Å². The molecule has 0 aliphatic heterocycles. The summed E-state index contributed by atoms with van der Waals surface area (Å²) >= 11 is 0. The molecule has 0 aliphatic rings. The monoisotopic (exact) mass is 310 g/mol. The molecule has 0 N–H and O–H groups in total. The van der Waals surface area contributed by atoms with Gasteiger partial charge in [-0.3, -0.25) is 0 Å². The molecule has 1 nitrogen and oxygen atoms in total. The van der Waals surface area contributed by atoms with E-state index in [4.69, 9.17) is 4.74 Å². The minimum atomic E-state index is 0. The first-order valence-electron chi connectivity index (χ1n) is 5.01. The summed E-state index contributed by atoms with van der Waals surface area (Å²) in [5.41, 5.74) is 1.98. The zero-order valence-corrected chi connectivity index (χ0v) is 13.1. The van der Waals surface area contributed by atoms with Crippen molar-refractivity contribution in [3.05, 3.63) is 65.7 Å². The molecule has 0 radical (unpaired) electrons. The smallest absolute Gasteiger partial charge is 1.00 e. The third-order valence-electron chi connectivity index (χ3n) is 2.16. The summed E-state index contributed by atoms with van der Waals surface area (Å²) in [6, 6.07) is 18.3. The molecule has 0 spiro atoms. The normalized spacial score (nSPS) is 8.06. The molecule has 2 rings (SSSR count). The summed E-state index contributed by atoms with van der Waals surface area (Å²) in [5.74, 6) is 7.03. The molecule has 0 aromatic heterocycles. The van der Waals surface area contributed by atoms with Crippen LogP contribution >= 0.6 is 0 Å². The number of hydrogen-bond acceptors (Lipinski definition) is 1. The number of ether oxygens (including phenoxy) is 1. The van der Waals surface area contributed by atoms with Gasteiger partial charge in [-0.05, 0) is 24.3 Å². The van der Waals surface area contributed by atoms with Crippen molar-refractivity contribution >= 4 is 23.1 Å². The first-order valence-corrected chi connectivity index (χ1v) is 5.01. The maximum absolute atomic E-state index is 5.08. The molecule has 0 saturated carbocycles. The summed E-state index contributed by atoms with van der Waals surface area (Å²) < 4.78 is 5.08. The van der Waals surface area contributed by atoms with Crippen LogP contribution in [-0.2, 0) is 0 Å². The third kappa shape index (κ3) is 5.13. The number of rotatable bonds is 1. The van der Waals surface area contributed by atoms with E-state index >= 15 is 0 Å². The largest absolute Gasteiger partial charge is 2.00 e. The van der Waals surface area contributed by atoms with E-state index < -0.39 is 0 Å². The van der Waals surface area contributed by atoms with Crippen LogP contribution in [0.15, 0.2) is 48.5 Å². The average molecular weight is 311 g/mol. The summed E-state index contributed by atoms with van der Waals surface area (Å²) in [4.78, 5) is 0. The summed E-state index contributed by atoms with van der Waals surface area (Å²) in [6.45, 7) is 0. The number of halogens is 1. The molecule has 0 unspecified atom stereocenters. The fourth-order valence-electron chi connectivity index (χ4n) is 1.29. The predicted octanol–water partition coefficient (Wildman–Crippen LogP) is -0.482. The van der Waals surface area contributed by atoms with Crippen molar-refractivity contribution in [3.8, 4) is 17.6 Å². The van der Waals surface area contributed by atoms with Crippen LogP contribution in [0.3, 0.4) is 0 Å². The van der Waals surface area contributed by atoms with E-state index in [1.54, 1.807) is 7.11 Å². The van der Waals surface area contributed by atoms with Crippen molar-refractivity contribution in [1.82, 2.24) is 0 Å². The van der Waals surface area contributed by atoms with Gasteiger partial charge in [0.25, 0.3) is 0 Å². The fraction of sp³-hybridized carbons (Fsp3) is 0.0667. The standard InChI is InChI=1S/C15H11O.BrH.Mg/c1-16-15-11-9-14(10-12-15)8-7-13-5-3-2-4-6-13;;/h3-6,9-12H,1H3;1H;/q-1;;+2/p-1. The van der Waals surface area contributed by atoms with Crippen LogP contribution in [0.4, 0.5) is 0 Å². The first kappa shape index (κ1) is 17.0. The van der Waals surface area contributed by atoms with Gasteiger partial charge in [0.1, 0.15) is 5.75 Å². The van der Waals surface area contributed by atoms with E-state index in [-0.39, 0.29) is 40.0 Å². The number of hydrogen-bond donors (Lipinski definition) is 0. The Bertz CT molecular complexity index is 512. The summed E-state index contributed by atoms with van der Waals surface area (Å²) in [7, 11) is 1.65. The van der Waals surface area contributed by atoms with Crippen LogP contribution in [0.1, 0.15) is 11.1 Å². The summed E-state index contributed by atoms with van der Waals surface area (Å²) in [5, 5.41) is 0. The molecular weight excluding hydrogens is 300 g/mol. The van der Waals surface area contributed by atoms with Gasteiger partial charge in [0, 0.05) is 5.56 Å². The molecule has 0 saturated heterocycles. The second-order valence-corrected chi connectivity index (χ2v) is 3.27. The minimum absolute atomic E-state index is 0. The second kappa shape index (κ2) is 9.04. The van der Waals surface area contributed by atoms with Gasteiger partial charge in [-0.15, -0.1) is 0 Å². The van der Waals surface area contributed by atoms with E-state index in [2.05, 4.69) is 17.9 Å². The molecule has 0 atom stereocenters. The molecule has 86 valence electrons.